The second-order valence-corrected chi connectivity index (χ2v) is 8.41. The van der Waals surface area contributed by atoms with Crippen molar-refractivity contribution in [2.45, 2.75) is 64.8 Å². The number of carbonyl (C=O) groups excluding carboxylic acids is 1. The first-order chi connectivity index (χ1) is 11.1. The van der Waals surface area contributed by atoms with E-state index in [0.29, 0.717) is 23.3 Å². The van der Waals surface area contributed by atoms with E-state index < -0.39 is 0 Å². The van der Waals surface area contributed by atoms with Gasteiger partial charge >= 0.3 is 0 Å². The number of rotatable bonds is 3. The Kier molecular flexibility index (Phi) is 5.63. The SMILES string of the molecule is CC(C)N1CCC(CC(=O)N2CCC3(CCNCC3)CC2)CC1. The molecule has 3 heterocycles. The quantitative estimate of drug-likeness (QED) is 0.867. The van der Waals surface area contributed by atoms with Crippen molar-refractivity contribution in [2.24, 2.45) is 11.3 Å². The van der Waals surface area contributed by atoms with Gasteiger partial charge in [0.2, 0.25) is 5.91 Å². The van der Waals surface area contributed by atoms with E-state index in [0.717, 1.165) is 19.5 Å². The molecule has 1 spiro atoms. The molecule has 23 heavy (non-hydrogen) atoms. The molecule has 1 amide bonds. The van der Waals surface area contributed by atoms with Crippen LogP contribution in [-0.4, -0.2) is 61.0 Å². The molecule has 0 radical (unpaired) electrons. The summed E-state index contributed by atoms with van der Waals surface area (Å²) in [6.45, 7) is 11.2. The Morgan fingerprint density at radius 3 is 2.22 bits per heavy atom. The van der Waals surface area contributed by atoms with Gasteiger partial charge in [0.05, 0.1) is 0 Å². The van der Waals surface area contributed by atoms with Crippen molar-refractivity contribution < 1.29 is 4.79 Å². The summed E-state index contributed by atoms with van der Waals surface area (Å²) in [4.78, 5) is 17.4. The number of likely N-dealkylation sites (tertiary alicyclic amines) is 2. The van der Waals surface area contributed by atoms with Gasteiger partial charge in [-0.15, -0.1) is 0 Å². The number of carbonyl (C=O) groups is 1. The van der Waals surface area contributed by atoms with Crippen LogP contribution in [0.25, 0.3) is 0 Å². The van der Waals surface area contributed by atoms with E-state index in [1.165, 1.54) is 64.7 Å². The van der Waals surface area contributed by atoms with Crippen molar-refractivity contribution in [2.75, 3.05) is 39.3 Å². The average Bonchev–Trinajstić information content (AvgIpc) is 2.56. The summed E-state index contributed by atoms with van der Waals surface area (Å²) in [6.07, 6.45) is 8.27. The second kappa shape index (κ2) is 7.52. The van der Waals surface area contributed by atoms with Crippen LogP contribution in [0.5, 0.6) is 0 Å². The fraction of sp³-hybridized carbons (Fsp3) is 0.947. The van der Waals surface area contributed by atoms with Gasteiger partial charge in [-0.05, 0) is 89.9 Å². The lowest BCUT2D eigenvalue weighted by molar-refractivity contribution is -0.135. The predicted molar refractivity (Wildman–Crippen MR) is 94.4 cm³/mol. The van der Waals surface area contributed by atoms with Gasteiger partial charge in [-0.2, -0.15) is 0 Å². The van der Waals surface area contributed by atoms with Crippen LogP contribution < -0.4 is 5.32 Å². The Morgan fingerprint density at radius 2 is 1.65 bits per heavy atom. The van der Waals surface area contributed by atoms with Gasteiger partial charge < -0.3 is 15.1 Å². The van der Waals surface area contributed by atoms with Crippen molar-refractivity contribution >= 4 is 5.91 Å². The highest BCUT2D eigenvalue weighted by atomic mass is 16.2. The highest BCUT2D eigenvalue weighted by Crippen LogP contribution is 2.39. The van der Waals surface area contributed by atoms with Gasteiger partial charge in [-0.25, -0.2) is 0 Å². The number of amides is 1. The predicted octanol–water partition coefficient (Wildman–Crippen LogP) is 2.49. The largest absolute Gasteiger partial charge is 0.343 e. The smallest absolute Gasteiger partial charge is 0.222 e. The second-order valence-electron chi connectivity index (χ2n) is 8.41. The minimum absolute atomic E-state index is 0.428. The zero-order valence-corrected chi connectivity index (χ0v) is 15.1. The van der Waals surface area contributed by atoms with Crippen molar-refractivity contribution in [3.05, 3.63) is 0 Å². The lowest BCUT2D eigenvalue weighted by atomic mass is 9.71. The highest BCUT2D eigenvalue weighted by Gasteiger charge is 2.37. The molecule has 3 aliphatic heterocycles. The molecule has 1 N–H and O–H groups in total. The third kappa shape index (κ3) is 4.27. The lowest BCUT2D eigenvalue weighted by Gasteiger charge is -2.44. The van der Waals surface area contributed by atoms with E-state index in [1.807, 2.05) is 0 Å². The minimum atomic E-state index is 0.428. The zero-order valence-electron chi connectivity index (χ0n) is 15.1. The van der Waals surface area contributed by atoms with E-state index in [4.69, 9.17) is 0 Å². The van der Waals surface area contributed by atoms with Crippen LogP contribution in [0, 0.1) is 11.3 Å². The number of piperidine rings is 3. The first-order valence-corrected chi connectivity index (χ1v) is 9.81. The standard InChI is InChI=1S/C19H35N3O/c1-16(2)21-11-3-17(4-12-21)15-18(23)22-13-7-19(8-14-22)5-9-20-10-6-19/h16-17,20H,3-15H2,1-2H3. The topological polar surface area (TPSA) is 35.6 Å². The molecule has 132 valence electrons. The molecule has 3 fully saturated rings. The summed E-state index contributed by atoms with van der Waals surface area (Å²) in [7, 11) is 0. The molecule has 3 aliphatic rings. The Morgan fingerprint density at radius 1 is 1.04 bits per heavy atom. The van der Waals surface area contributed by atoms with E-state index in [9.17, 15) is 4.79 Å². The summed E-state index contributed by atoms with van der Waals surface area (Å²) in [5, 5.41) is 3.47. The third-order valence-electron chi connectivity index (χ3n) is 6.68. The lowest BCUT2D eigenvalue weighted by Crippen LogP contribution is -2.47. The van der Waals surface area contributed by atoms with Crippen LogP contribution in [-0.2, 0) is 4.79 Å². The van der Waals surface area contributed by atoms with E-state index in [1.54, 1.807) is 0 Å². The maximum Gasteiger partial charge on any atom is 0.222 e. The maximum absolute atomic E-state index is 12.7. The maximum atomic E-state index is 12.7. The number of nitrogens with zero attached hydrogens (tertiary/aromatic N) is 2. The molecular formula is C19H35N3O. The average molecular weight is 322 g/mol. The van der Waals surface area contributed by atoms with Crippen LogP contribution in [0.1, 0.15) is 58.8 Å². The van der Waals surface area contributed by atoms with Crippen molar-refractivity contribution in [1.82, 2.24) is 15.1 Å². The Hall–Kier alpha value is -0.610. The fourth-order valence-corrected chi connectivity index (χ4v) is 4.74. The van der Waals surface area contributed by atoms with E-state index in [2.05, 4.69) is 29.0 Å². The molecule has 0 atom stereocenters. The van der Waals surface area contributed by atoms with Gasteiger partial charge in [-0.1, -0.05) is 0 Å². The molecule has 3 rings (SSSR count). The Balaban J connectivity index is 1.41. The van der Waals surface area contributed by atoms with Gasteiger partial charge in [0.15, 0.2) is 0 Å². The molecule has 4 heteroatoms. The number of hydrogen-bond acceptors (Lipinski definition) is 3. The molecule has 0 aromatic rings. The van der Waals surface area contributed by atoms with Crippen LogP contribution >= 0.6 is 0 Å². The zero-order chi connectivity index (χ0) is 16.3. The number of nitrogens with one attached hydrogen (secondary N) is 1. The van der Waals surface area contributed by atoms with E-state index >= 15 is 0 Å². The molecule has 0 aromatic carbocycles. The molecule has 0 bridgehead atoms. The van der Waals surface area contributed by atoms with Gasteiger partial charge in [0.1, 0.15) is 0 Å². The van der Waals surface area contributed by atoms with Gasteiger partial charge in [-0.3, -0.25) is 4.79 Å². The van der Waals surface area contributed by atoms with Crippen molar-refractivity contribution in [1.29, 1.82) is 0 Å². The van der Waals surface area contributed by atoms with Crippen molar-refractivity contribution in [3.63, 3.8) is 0 Å². The van der Waals surface area contributed by atoms with Gasteiger partial charge in [0, 0.05) is 25.6 Å². The summed E-state index contributed by atoms with van der Waals surface area (Å²) in [5.41, 5.74) is 0.546. The third-order valence-corrected chi connectivity index (χ3v) is 6.68. The van der Waals surface area contributed by atoms with Crippen LogP contribution in [0.15, 0.2) is 0 Å². The van der Waals surface area contributed by atoms with Crippen molar-refractivity contribution in [3.8, 4) is 0 Å². The first-order valence-electron chi connectivity index (χ1n) is 9.81. The van der Waals surface area contributed by atoms with Gasteiger partial charge in [0.25, 0.3) is 0 Å². The monoisotopic (exact) mass is 321 g/mol. The van der Waals surface area contributed by atoms with Crippen LogP contribution in [0.2, 0.25) is 0 Å². The molecule has 0 aliphatic carbocycles. The normalized spacial score (nSPS) is 26.8. The molecular weight excluding hydrogens is 286 g/mol. The minimum Gasteiger partial charge on any atom is -0.343 e. The Labute approximate surface area is 142 Å². The molecule has 0 unspecified atom stereocenters. The first kappa shape index (κ1) is 17.2. The molecule has 3 saturated heterocycles. The molecule has 0 saturated carbocycles. The fourth-order valence-electron chi connectivity index (χ4n) is 4.74. The number of hydrogen-bond donors (Lipinski definition) is 1. The highest BCUT2D eigenvalue weighted by molar-refractivity contribution is 5.76. The summed E-state index contributed by atoms with van der Waals surface area (Å²) in [6, 6.07) is 0.648. The molecule has 4 nitrogen and oxygen atoms in total. The Bertz CT molecular complexity index is 385. The summed E-state index contributed by atoms with van der Waals surface area (Å²) in [5.74, 6) is 1.05. The molecule has 0 aromatic heterocycles. The van der Waals surface area contributed by atoms with Crippen LogP contribution in [0.4, 0.5) is 0 Å². The van der Waals surface area contributed by atoms with E-state index in [-0.39, 0.29) is 0 Å². The van der Waals surface area contributed by atoms with Crippen LogP contribution in [0.3, 0.4) is 0 Å². The summed E-state index contributed by atoms with van der Waals surface area (Å²) >= 11 is 0. The summed E-state index contributed by atoms with van der Waals surface area (Å²) < 4.78 is 0.